The molecule has 0 unspecified atom stereocenters. The van der Waals surface area contributed by atoms with E-state index in [0.29, 0.717) is 24.3 Å². The van der Waals surface area contributed by atoms with Gasteiger partial charge in [0, 0.05) is 6.54 Å². The van der Waals surface area contributed by atoms with E-state index in [0.717, 1.165) is 0 Å². The van der Waals surface area contributed by atoms with Gasteiger partial charge in [0.2, 0.25) is 0 Å². The van der Waals surface area contributed by atoms with Crippen molar-refractivity contribution >= 4 is 6.03 Å². The molecule has 1 aromatic carbocycles. The van der Waals surface area contributed by atoms with Crippen molar-refractivity contribution in [1.29, 1.82) is 0 Å². The van der Waals surface area contributed by atoms with E-state index in [1.165, 1.54) is 19.2 Å². The number of rotatable bonds is 4. The number of hydrogen-bond donors (Lipinski definition) is 3. The van der Waals surface area contributed by atoms with Crippen molar-refractivity contribution in [3.8, 4) is 5.75 Å². The Morgan fingerprint density at radius 2 is 2.31 bits per heavy atom. The fourth-order valence-electron chi connectivity index (χ4n) is 1.30. The minimum atomic E-state index is -0.477. The van der Waals surface area contributed by atoms with E-state index >= 15 is 0 Å². The third-order valence-electron chi connectivity index (χ3n) is 2.05. The van der Waals surface area contributed by atoms with E-state index in [9.17, 15) is 9.18 Å². The summed E-state index contributed by atoms with van der Waals surface area (Å²) < 4.78 is 18.0. The molecule has 2 amide bonds. The van der Waals surface area contributed by atoms with Gasteiger partial charge in [-0.15, -0.1) is 0 Å². The Hall–Kier alpha value is -1.82. The van der Waals surface area contributed by atoms with Gasteiger partial charge in [-0.25, -0.2) is 15.0 Å². The Morgan fingerprint density at radius 1 is 1.56 bits per heavy atom. The number of carbonyl (C=O) groups excluding carboxylic acids is 1. The zero-order valence-electron chi connectivity index (χ0n) is 8.92. The second-order valence-electron chi connectivity index (χ2n) is 3.11. The molecule has 1 aromatic rings. The summed E-state index contributed by atoms with van der Waals surface area (Å²) in [4.78, 5) is 10.8. The lowest BCUT2D eigenvalue weighted by atomic mass is 10.1. The second-order valence-corrected chi connectivity index (χ2v) is 3.11. The number of hydrogen-bond acceptors (Lipinski definition) is 3. The summed E-state index contributed by atoms with van der Waals surface area (Å²) in [7, 11) is 1.51. The lowest BCUT2D eigenvalue weighted by Crippen LogP contribution is -2.40. The van der Waals surface area contributed by atoms with Gasteiger partial charge in [0.1, 0.15) is 11.6 Å². The number of methoxy groups -OCH3 is 1. The molecular formula is C10H14FN3O2. The number of halogens is 1. The van der Waals surface area contributed by atoms with Crippen LogP contribution in [0.2, 0.25) is 0 Å². The molecule has 6 heteroatoms. The van der Waals surface area contributed by atoms with Crippen LogP contribution in [0.3, 0.4) is 0 Å². The van der Waals surface area contributed by atoms with Crippen LogP contribution in [0.1, 0.15) is 5.56 Å². The van der Waals surface area contributed by atoms with Crippen molar-refractivity contribution < 1.29 is 13.9 Å². The van der Waals surface area contributed by atoms with Crippen molar-refractivity contribution in [2.75, 3.05) is 13.7 Å². The number of ether oxygens (including phenoxy) is 1. The highest BCUT2D eigenvalue weighted by molar-refractivity contribution is 5.72. The van der Waals surface area contributed by atoms with E-state index in [2.05, 4.69) is 5.32 Å². The van der Waals surface area contributed by atoms with Crippen molar-refractivity contribution in [3.63, 3.8) is 0 Å². The zero-order valence-corrected chi connectivity index (χ0v) is 8.92. The van der Waals surface area contributed by atoms with Crippen LogP contribution in [-0.4, -0.2) is 19.7 Å². The normalized spacial score (nSPS) is 9.69. The van der Waals surface area contributed by atoms with E-state index < -0.39 is 6.03 Å². The van der Waals surface area contributed by atoms with Crippen molar-refractivity contribution in [3.05, 3.63) is 29.6 Å². The van der Waals surface area contributed by atoms with Gasteiger partial charge in [-0.3, -0.25) is 5.43 Å². The molecule has 0 fully saturated rings. The quantitative estimate of drug-likeness (QED) is 0.399. The Kier molecular flexibility index (Phi) is 4.53. The first-order valence-electron chi connectivity index (χ1n) is 4.74. The van der Waals surface area contributed by atoms with Gasteiger partial charge in [-0.2, -0.15) is 0 Å². The van der Waals surface area contributed by atoms with Gasteiger partial charge >= 0.3 is 6.03 Å². The zero-order chi connectivity index (χ0) is 12.0. The van der Waals surface area contributed by atoms with Gasteiger partial charge in [-0.05, 0) is 30.2 Å². The number of carbonyl (C=O) groups is 1. The van der Waals surface area contributed by atoms with Gasteiger partial charge in [-0.1, -0.05) is 0 Å². The SMILES string of the molecule is COc1ccc(F)cc1CCNC(=O)NN. The van der Waals surface area contributed by atoms with Gasteiger partial charge in [0.15, 0.2) is 0 Å². The van der Waals surface area contributed by atoms with Crippen LogP contribution in [-0.2, 0) is 6.42 Å². The maximum Gasteiger partial charge on any atom is 0.328 e. The van der Waals surface area contributed by atoms with E-state index in [1.54, 1.807) is 6.07 Å². The maximum absolute atomic E-state index is 13.0. The molecule has 0 spiro atoms. The molecule has 0 aliphatic heterocycles. The molecule has 5 nitrogen and oxygen atoms in total. The lowest BCUT2D eigenvalue weighted by Gasteiger charge is -2.09. The predicted molar refractivity (Wildman–Crippen MR) is 57.4 cm³/mol. The van der Waals surface area contributed by atoms with E-state index in [1.807, 2.05) is 5.43 Å². The number of urea groups is 1. The fourth-order valence-corrected chi connectivity index (χ4v) is 1.30. The first-order valence-corrected chi connectivity index (χ1v) is 4.74. The molecule has 0 saturated carbocycles. The van der Waals surface area contributed by atoms with Gasteiger partial charge in [0.25, 0.3) is 0 Å². The Bertz CT molecular complexity index is 371. The van der Waals surface area contributed by atoms with Gasteiger partial charge < -0.3 is 10.1 Å². The topological polar surface area (TPSA) is 76.4 Å². The van der Waals surface area contributed by atoms with Crippen LogP contribution in [0, 0.1) is 5.82 Å². The highest BCUT2D eigenvalue weighted by Crippen LogP contribution is 2.19. The highest BCUT2D eigenvalue weighted by Gasteiger charge is 2.05. The van der Waals surface area contributed by atoms with Crippen molar-refractivity contribution in [2.24, 2.45) is 5.84 Å². The number of amides is 2. The lowest BCUT2D eigenvalue weighted by molar-refractivity contribution is 0.241. The fraction of sp³-hybridized carbons (Fsp3) is 0.300. The van der Waals surface area contributed by atoms with Gasteiger partial charge in [0.05, 0.1) is 7.11 Å². The standard InChI is InChI=1S/C10H14FN3O2/c1-16-9-3-2-8(11)6-7(9)4-5-13-10(15)14-12/h2-3,6H,4-5,12H2,1H3,(H2,13,14,15). The predicted octanol–water partition coefficient (Wildman–Crippen LogP) is 0.550. The van der Waals surface area contributed by atoms with E-state index in [-0.39, 0.29) is 5.82 Å². The van der Waals surface area contributed by atoms with Crippen LogP contribution in [0.15, 0.2) is 18.2 Å². The third-order valence-corrected chi connectivity index (χ3v) is 2.05. The number of nitrogens with one attached hydrogen (secondary N) is 2. The minimum absolute atomic E-state index is 0.334. The van der Waals surface area contributed by atoms with Crippen LogP contribution in [0.25, 0.3) is 0 Å². The van der Waals surface area contributed by atoms with Crippen LogP contribution in [0.5, 0.6) is 5.75 Å². The molecule has 0 aliphatic carbocycles. The third kappa shape index (κ3) is 3.39. The largest absolute Gasteiger partial charge is 0.496 e. The van der Waals surface area contributed by atoms with Crippen molar-refractivity contribution in [2.45, 2.75) is 6.42 Å². The van der Waals surface area contributed by atoms with E-state index in [4.69, 9.17) is 10.6 Å². The smallest absolute Gasteiger partial charge is 0.328 e. The Balaban J connectivity index is 2.58. The van der Waals surface area contributed by atoms with Crippen LogP contribution >= 0.6 is 0 Å². The summed E-state index contributed by atoms with van der Waals surface area (Å²) in [5.74, 6) is 5.14. The molecule has 16 heavy (non-hydrogen) atoms. The summed E-state index contributed by atoms with van der Waals surface area (Å²) in [6.45, 7) is 0.350. The summed E-state index contributed by atoms with van der Waals surface area (Å²) in [6, 6.07) is 3.77. The number of nitrogens with two attached hydrogens (primary N) is 1. The molecule has 0 aromatic heterocycles. The average Bonchev–Trinajstić information content (AvgIpc) is 2.29. The molecule has 88 valence electrons. The second kappa shape index (κ2) is 5.92. The molecule has 0 saturated heterocycles. The average molecular weight is 227 g/mol. The Morgan fingerprint density at radius 3 is 2.94 bits per heavy atom. The number of benzene rings is 1. The maximum atomic E-state index is 13.0. The summed E-state index contributed by atoms with van der Waals surface area (Å²) in [6.07, 6.45) is 0.467. The van der Waals surface area contributed by atoms with Crippen molar-refractivity contribution in [1.82, 2.24) is 10.7 Å². The van der Waals surface area contributed by atoms with Crippen LogP contribution in [0.4, 0.5) is 9.18 Å². The molecule has 0 heterocycles. The Labute approximate surface area is 92.7 Å². The van der Waals surface area contributed by atoms with Crippen LogP contribution < -0.4 is 21.3 Å². The first-order chi connectivity index (χ1) is 7.67. The monoisotopic (exact) mass is 227 g/mol. The first kappa shape index (κ1) is 12.3. The summed E-state index contributed by atoms with van der Waals surface area (Å²) in [5.41, 5.74) is 2.63. The molecule has 0 aliphatic rings. The molecular weight excluding hydrogens is 213 g/mol. The molecule has 1 rings (SSSR count). The minimum Gasteiger partial charge on any atom is -0.496 e. The number of hydrazine groups is 1. The molecule has 0 radical (unpaired) electrons. The summed E-state index contributed by atoms with van der Waals surface area (Å²) in [5, 5.41) is 2.50. The highest BCUT2D eigenvalue weighted by atomic mass is 19.1. The summed E-state index contributed by atoms with van der Waals surface area (Å²) >= 11 is 0. The molecule has 0 bridgehead atoms. The molecule has 0 atom stereocenters. The molecule has 4 N–H and O–H groups in total.